The second-order valence-corrected chi connectivity index (χ2v) is 5.45. The Morgan fingerprint density at radius 1 is 1.48 bits per heavy atom. The third-order valence-electron chi connectivity index (χ3n) is 3.30. The Hall–Kier alpha value is -2.01. The highest BCUT2D eigenvalue weighted by molar-refractivity contribution is 6.33. The molecule has 0 fully saturated rings. The summed E-state index contributed by atoms with van der Waals surface area (Å²) in [7, 11) is 0. The number of hydrogen-bond acceptors (Lipinski definition) is 4. The summed E-state index contributed by atoms with van der Waals surface area (Å²) in [5.74, 6) is 0.946. The molecule has 2 aromatic rings. The van der Waals surface area contributed by atoms with Crippen LogP contribution in [0.4, 0.5) is 11.4 Å². The van der Waals surface area contributed by atoms with Gasteiger partial charge in [0.2, 0.25) is 0 Å². The molecule has 2 rings (SSSR count). The Bertz CT molecular complexity index is 626. The van der Waals surface area contributed by atoms with Gasteiger partial charge in [0.05, 0.1) is 11.2 Å². The van der Waals surface area contributed by atoms with E-state index in [1.807, 2.05) is 19.1 Å². The molecule has 21 heavy (non-hydrogen) atoms. The molecule has 1 atom stereocenters. The molecule has 0 spiro atoms. The van der Waals surface area contributed by atoms with E-state index in [2.05, 4.69) is 12.2 Å². The van der Waals surface area contributed by atoms with Crippen molar-refractivity contribution in [3.63, 3.8) is 0 Å². The van der Waals surface area contributed by atoms with Crippen molar-refractivity contribution in [1.29, 1.82) is 0 Å². The Kier molecular flexibility index (Phi) is 4.85. The molecule has 0 saturated carbocycles. The number of nitrogens with one attached hydrogen (secondary N) is 1. The lowest BCUT2D eigenvalue weighted by atomic mass is 10.1. The molecule has 112 valence electrons. The van der Waals surface area contributed by atoms with Gasteiger partial charge in [0.1, 0.15) is 10.8 Å². The maximum atomic E-state index is 10.8. The van der Waals surface area contributed by atoms with Gasteiger partial charge in [-0.3, -0.25) is 10.1 Å². The molecule has 5 nitrogen and oxygen atoms in total. The number of nitro groups is 1. The molecule has 1 N–H and O–H groups in total. The predicted octanol–water partition coefficient (Wildman–Crippen LogP) is 4.58. The fourth-order valence-corrected chi connectivity index (χ4v) is 2.35. The summed E-state index contributed by atoms with van der Waals surface area (Å²) in [5, 5.41) is 14.3. The summed E-state index contributed by atoms with van der Waals surface area (Å²) in [6, 6.07) is 7.11. The van der Waals surface area contributed by atoms with Gasteiger partial charge in [-0.2, -0.15) is 0 Å². The Labute approximate surface area is 128 Å². The van der Waals surface area contributed by atoms with Gasteiger partial charge in [-0.1, -0.05) is 11.6 Å². The maximum Gasteiger partial charge on any atom is 0.288 e. The minimum atomic E-state index is -0.473. The Morgan fingerprint density at radius 2 is 2.24 bits per heavy atom. The van der Waals surface area contributed by atoms with Crippen LogP contribution in [0.2, 0.25) is 5.02 Å². The molecule has 0 aliphatic rings. The summed E-state index contributed by atoms with van der Waals surface area (Å²) in [5.41, 5.74) is 1.55. The summed E-state index contributed by atoms with van der Waals surface area (Å²) < 4.78 is 5.30. The van der Waals surface area contributed by atoms with Crippen molar-refractivity contribution >= 4 is 23.0 Å². The van der Waals surface area contributed by atoms with Crippen LogP contribution in [0.25, 0.3) is 0 Å². The largest absolute Gasteiger partial charge is 0.469 e. The zero-order valence-electron chi connectivity index (χ0n) is 11.9. The molecule has 0 aliphatic heterocycles. The van der Waals surface area contributed by atoms with E-state index in [4.69, 9.17) is 16.0 Å². The summed E-state index contributed by atoms with van der Waals surface area (Å²) >= 11 is 5.94. The normalized spacial score (nSPS) is 12.1. The van der Waals surface area contributed by atoms with E-state index < -0.39 is 4.92 Å². The molecule has 0 amide bonds. The third-order valence-corrected chi connectivity index (χ3v) is 3.60. The summed E-state index contributed by atoms with van der Waals surface area (Å²) in [4.78, 5) is 10.4. The Balaban J connectivity index is 2.02. The first-order chi connectivity index (χ1) is 9.97. The SMILES string of the molecule is Cc1cc([N+](=O)[O-])c(Cl)cc1NC(C)CCc1ccco1. The van der Waals surface area contributed by atoms with Crippen LogP contribution in [-0.2, 0) is 6.42 Å². The molecule has 6 heteroatoms. The molecular formula is C15H17ClN2O3. The zero-order valence-corrected chi connectivity index (χ0v) is 12.7. The number of hydrogen-bond donors (Lipinski definition) is 1. The summed E-state index contributed by atoms with van der Waals surface area (Å²) in [6.07, 6.45) is 3.39. The van der Waals surface area contributed by atoms with Gasteiger partial charge in [0, 0.05) is 24.2 Å². The molecular weight excluding hydrogens is 292 g/mol. The third kappa shape index (κ3) is 3.98. The predicted molar refractivity (Wildman–Crippen MR) is 83.0 cm³/mol. The second kappa shape index (κ2) is 6.63. The number of halogens is 1. The van der Waals surface area contributed by atoms with E-state index in [1.165, 1.54) is 6.07 Å². The number of nitro benzene ring substituents is 1. The number of furan rings is 1. The number of anilines is 1. The van der Waals surface area contributed by atoms with Crippen molar-refractivity contribution in [3.8, 4) is 0 Å². The zero-order chi connectivity index (χ0) is 15.4. The number of rotatable bonds is 6. The first-order valence-electron chi connectivity index (χ1n) is 6.71. The fraction of sp³-hybridized carbons (Fsp3) is 0.333. The van der Waals surface area contributed by atoms with E-state index in [0.29, 0.717) is 0 Å². The van der Waals surface area contributed by atoms with Crippen LogP contribution in [0.15, 0.2) is 34.9 Å². The lowest BCUT2D eigenvalue weighted by molar-refractivity contribution is -0.384. The van der Waals surface area contributed by atoms with Crippen LogP contribution >= 0.6 is 11.6 Å². The molecule has 0 radical (unpaired) electrons. The van der Waals surface area contributed by atoms with E-state index in [0.717, 1.165) is 29.9 Å². The standard InChI is InChI=1S/C15H17ClN2O3/c1-10-8-15(18(19)20)13(16)9-14(10)17-11(2)5-6-12-4-3-7-21-12/h3-4,7-9,11,17H,5-6H2,1-2H3. The van der Waals surface area contributed by atoms with Gasteiger partial charge >= 0.3 is 0 Å². The van der Waals surface area contributed by atoms with Gasteiger partial charge in [-0.05, 0) is 44.0 Å². The highest BCUT2D eigenvalue weighted by atomic mass is 35.5. The van der Waals surface area contributed by atoms with Crippen LogP contribution in [-0.4, -0.2) is 11.0 Å². The van der Waals surface area contributed by atoms with Crippen LogP contribution in [0, 0.1) is 17.0 Å². The average Bonchev–Trinajstić information content (AvgIpc) is 2.93. The van der Waals surface area contributed by atoms with Crippen LogP contribution in [0.3, 0.4) is 0 Å². The minimum absolute atomic E-state index is 0.0667. The van der Waals surface area contributed by atoms with Gasteiger partial charge < -0.3 is 9.73 Å². The van der Waals surface area contributed by atoms with Crippen molar-refractivity contribution < 1.29 is 9.34 Å². The molecule has 1 unspecified atom stereocenters. The lowest BCUT2D eigenvalue weighted by Crippen LogP contribution is -2.16. The fourth-order valence-electron chi connectivity index (χ4n) is 2.11. The van der Waals surface area contributed by atoms with Gasteiger partial charge in [-0.25, -0.2) is 0 Å². The van der Waals surface area contributed by atoms with Gasteiger partial charge in [-0.15, -0.1) is 0 Å². The minimum Gasteiger partial charge on any atom is -0.469 e. The van der Waals surface area contributed by atoms with Crippen molar-refractivity contribution in [3.05, 3.63) is 57.0 Å². The number of aryl methyl sites for hydroxylation is 2. The van der Waals surface area contributed by atoms with Crippen molar-refractivity contribution in [2.75, 3.05) is 5.32 Å². The first-order valence-corrected chi connectivity index (χ1v) is 7.08. The monoisotopic (exact) mass is 308 g/mol. The van der Waals surface area contributed by atoms with Crippen molar-refractivity contribution in [2.45, 2.75) is 32.7 Å². The van der Waals surface area contributed by atoms with Crippen LogP contribution in [0.1, 0.15) is 24.7 Å². The molecule has 1 aromatic heterocycles. The average molecular weight is 309 g/mol. The lowest BCUT2D eigenvalue weighted by Gasteiger charge is -2.17. The molecule has 1 aromatic carbocycles. The van der Waals surface area contributed by atoms with E-state index in [-0.39, 0.29) is 16.8 Å². The highest BCUT2D eigenvalue weighted by Crippen LogP contribution is 2.31. The van der Waals surface area contributed by atoms with Gasteiger partial charge in [0.25, 0.3) is 5.69 Å². The second-order valence-electron chi connectivity index (χ2n) is 5.04. The van der Waals surface area contributed by atoms with Crippen LogP contribution < -0.4 is 5.32 Å². The van der Waals surface area contributed by atoms with E-state index in [9.17, 15) is 10.1 Å². The van der Waals surface area contributed by atoms with E-state index in [1.54, 1.807) is 12.3 Å². The number of benzene rings is 1. The van der Waals surface area contributed by atoms with Crippen molar-refractivity contribution in [1.82, 2.24) is 0 Å². The molecule has 0 bridgehead atoms. The molecule has 1 heterocycles. The summed E-state index contributed by atoms with van der Waals surface area (Å²) in [6.45, 7) is 3.88. The quantitative estimate of drug-likeness (QED) is 0.626. The topological polar surface area (TPSA) is 68.3 Å². The molecule has 0 aliphatic carbocycles. The number of nitrogens with zero attached hydrogens (tertiary/aromatic N) is 1. The smallest absolute Gasteiger partial charge is 0.288 e. The first kappa shape index (κ1) is 15.4. The van der Waals surface area contributed by atoms with Crippen LogP contribution in [0.5, 0.6) is 0 Å². The van der Waals surface area contributed by atoms with Crippen molar-refractivity contribution in [2.24, 2.45) is 0 Å². The van der Waals surface area contributed by atoms with Gasteiger partial charge in [0.15, 0.2) is 0 Å². The molecule has 0 saturated heterocycles. The Morgan fingerprint density at radius 3 is 2.86 bits per heavy atom. The highest BCUT2D eigenvalue weighted by Gasteiger charge is 2.16. The van der Waals surface area contributed by atoms with E-state index >= 15 is 0 Å². The maximum absolute atomic E-state index is 10.8.